The molecule has 1 saturated heterocycles. The van der Waals surface area contributed by atoms with Gasteiger partial charge in [-0.3, -0.25) is 0 Å². The third-order valence-corrected chi connectivity index (χ3v) is 5.85. The fourth-order valence-corrected chi connectivity index (χ4v) is 4.23. The zero-order chi connectivity index (χ0) is 23.8. The molecule has 3 aromatic rings. The fourth-order valence-electron chi connectivity index (χ4n) is 4.23. The topological polar surface area (TPSA) is 95.6 Å². The average Bonchev–Trinajstić information content (AvgIpc) is 3.44. The lowest BCUT2D eigenvalue weighted by Crippen LogP contribution is -2.52. The van der Waals surface area contributed by atoms with Crippen molar-refractivity contribution >= 4 is 18.2 Å². The standard InChI is InChI=1S/C22H23F2N9O/c1-14-27-15(2)32(29-14)20-4-5-25-21(28-20)30-7-9-31(10-8-30)22(34)33-19(3-6-26-33)16-11-17(23)13-18(24)12-16/h4-6,11-13,19H,3,7-10H2,1-2H3/t19-/m0/s1. The molecule has 0 aliphatic carbocycles. The highest BCUT2D eigenvalue weighted by Gasteiger charge is 2.34. The van der Waals surface area contributed by atoms with Crippen LogP contribution in [0.1, 0.15) is 29.7 Å². The van der Waals surface area contributed by atoms with Crippen molar-refractivity contribution in [3.8, 4) is 5.82 Å². The molecule has 1 aromatic carbocycles. The Labute approximate surface area is 194 Å². The van der Waals surface area contributed by atoms with Crippen LogP contribution in [0.4, 0.5) is 19.5 Å². The molecule has 5 rings (SSSR count). The maximum absolute atomic E-state index is 13.7. The number of piperazine rings is 1. The highest BCUT2D eigenvalue weighted by Crippen LogP contribution is 2.30. The second-order valence-electron chi connectivity index (χ2n) is 8.19. The van der Waals surface area contributed by atoms with Crippen molar-refractivity contribution in [2.45, 2.75) is 26.3 Å². The second-order valence-corrected chi connectivity index (χ2v) is 8.19. The first-order valence-electron chi connectivity index (χ1n) is 10.9. The maximum Gasteiger partial charge on any atom is 0.341 e. The van der Waals surface area contributed by atoms with Crippen LogP contribution >= 0.6 is 0 Å². The molecule has 0 saturated carbocycles. The summed E-state index contributed by atoms with van der Waals surface area (Å²) in [5, 5.41) is 9.85. The van der Waals surface area contributed by atoms with E-state index in [1.807, 2.05) is 18.7 Å². The summed E-state index contributed by atoms with van der Waals surface area (Å²) in [5.74, 6) is 1.20. The number of halogens is 2. The van der Waals surface area contributed by atoms with E-state index in [0.29, 0.717) is 55.8 Å². The van der Waals surface area contributed by atoms with Crippen LogP contribution in [0.5, 0.6) is 0 Å². The van der Waals surface area contributed by atoms with Gasteiger partial charge in [0, 0.05) is 57.1 Å². The summed E-state index contributed by atoms with van der Waals surface area (Å²) < 4.78 is 29.1. The number of carbonyl (C=O) groups excluding carboxylic acids is 1. The molecule has 0 N–H and O–H groups in total. The zero-order valence-electron chi connectivity index (χ0n) is 18.8. The Morgan fingerprint density at radius 3 is 2.44 bits per heavy atom. The third kappa shape index (κ3) is 4.18. The summed E-state index contributed by atoms with van der Waals surface area (Å²) in [6.45, 7) is 5.61. The summed E-state index contributed by atoms with van der Waals surface area (Å²) in [6.07, 6.45) is 3.67. The number of hydrazone groups is 1. The van der Waals surface area contributed by atoms with Crippen molar-refractivity contribution in [2.75, 3.05) is 31.1 Å². The maximum atomic E-state index is 13.7. The first kappa shape index (κ1) is 21.9. The van der Waals surface area contributed by atoms with Gasteiger partial charge < -0.3 is 9.80 Å². The molecule has 176 valence electrons. The van der Waals surface area contributed by atoms with Crippen LogP contribution < -0.4 is 4.90 Å². The van der Waals surface area contributed by atoms with Crippen molar-refractivity contribution < 1.29 is 13.6 Å². The zero-order valence-corrected chi connectivity index (χ0v) is 18.8. The highest BCUT2D eigenvalue weighted by molar-refractivity contribution is 5.78. The van der Waals surface area contributed by atoms with E-state index in [1.54, 1.807) is 28.1 Å². The molecule has 4 heterocycles. The molecular formula is C22H23F2N9O. The molecule has 0 radical (unpaired) electrons. The van der Waals surface area contributed by atoms with Crippen LogP contribution in [0.15, 0.2) is 35.6 Å². The van der Waals surface area contributed by atoms with Crippen LogP contribution in [0.25, 0.3) is 5.82 Å². The normalized spacial score (nSPS) is 18.1. The Bertz CT molecular complexity index is 1230. The van der Waals surface area contributed by atoms with Crippen molar-refractivity contribution in [3.05, 3.63) is 59.3 Å². The minimum Gasteiger partial charge on any atom is -0.337 e. The predicted octanol–water partition coefficient (Wildman–Crippen LogP) is 2.63. The van der Waals surface area contributed by atoms with Crippen molar-refractivity contribution in [1.82, 2.24) is 34.6 Å². The smallest absolute Gasteiger partial charge is 0.337 e. The Kier molecular flexibility index (Phi) is 5.64. The van der Waals surface area contributed by atoms with Crippen LogP contribution in [-0.4, -0.2) is 73.1 Å². The summed E-state index contributed by atoms with van der Waals surface area (Å²) in [5.41, 5.74) is 0.380. The lowest BCUT2D eigenvalue weighted by Gasteiger charge is -2.37. The number of amides is 2. The minimum atomic E-state index is -0.679. The van der Waals surface area contributed by atoms with Gasteiger partial charge in [-0.05, 0) is 31.5 Å². The van der Waals surface area contributed by atoms with E-state index < -0.39 is 17.7 Å². The number of aryl methyl sites for hydroxylation is 2. The van der Waals surface area contributed by atoms with E-state index in [9.17, 15) is 13.6 Å². The summed E-state index contributed by atoms with van der Waals surface area (Å²) >= 11 is 0. The summed E-state index contributed by atoms with van der Waals surface area (Å²) in [7, 11) is 0. The molecule has 10 nitrogen and oxygen atoms in total. The third-order valence-electron chi connectivity index (χ3n) is 5.85. The molecular weight excluding hydrogens is 444 g/mol. The van der Waals surface area contributed by atoms with E-state index in [2.05, 4.69) is 25.2 Å². The molecule has 2 aliphatic rings. The number of carbonyl (C=O) groups is 1. The van der Waals surface area contributed by atoms with Crippen molar-refractivity contribution in [3.63, 3.8) is 0 Å². The SMILES string of the molecule is Cc1nc(C)n(-c2ccnc(N3CCN(C(=O)N4N=CC[C@H]4c4cc(F)cc(F)c4)CC3)n2)n1. The lowest BCUT2D eigenvalue weighted by atomic mass is 10.0. The monoisotopic (exact) mass is 467 g/mol. The van der Waals surface area contributed by atoms with Gasteiger partial charge >= 0.3 is 6.03 Å². The van der Waals surface area contributed by atoms with Gasteiger partial charge in [0.15, 0.2) is 5.82 Å². The molecule has 2 aliphatic heterocycles. The van der Waals surface area contributed by atoms with E-state index in [-0.39, 0.29) is 6.03 Å². The highest BCUT2D eigenvalue weighted by atomic mass is 19.1. The van der Waals surface area contributed by atoms with Gasteiger partial charge in [0.1, 0.15) is 23.3 Å². The molecule has 1 atom stereocenters. The number of benzene rings is 1. The molecule has 0 unspecified atom stereocenters. The number of anilines is 1. The van der Waals surface area contributed by atoms with E-state index in [0.717, 1.165) is 11.9 Å². The largest absolute Gasteiger partial charge is 0.341 e. The molecule has 34 heavy (non-hydrogen) atoms. The number of hydrogen-bond donors (Lipinski definition) is 0. The number of nitrogens with zero attached hydrogens (tertiary/aromatic N) is 9. The van der Waals surface area contributed by atoms with Gasteiger partial charge in [0.05, 0.1) is 6.04 Å². The molecule has 2 amide bonds. The van der Waals surface area contributed by atoms with E-state index in [4.69, 9.17) is 0 Å². The number of aromatic nitrogens is 5. The Morgan fingerprint density at radius 2 is 1.76 bits per heavy atom. The van der Waals surface area contributed by atoms with Gasteiger partial charge in [-0.15, -0.1) is 5.10 Å². The quantitative estimate of drug-likeness (QED) is 0.588. The average molecular weight is 467 g/mol. The Hall–Kier alpha value is -3.96. The predicted molar refractivity (Wildman–Crippen MR) is 120 cm³/mol. The fraction of sp³-hybridized carbons (Fsp3) is 0.364. The Morgan fingerprint density at radius 1 is 1.03 bits per heavy atom. The first-order valence-corrected chi connectivity index (χ1v) is 10.9. The van der Waals surface area contributed by atoms with Crippen molar-refractivity contribution in [1.29, 1.82) is 0 Å². The van der Waals surface area contributed by atoms with E-state index >= 15 is 0 Å². The van der Waals surface area contributed by atoms with Crippen LogP contribution in [0.3, 0.4) is 0 Å². The van der Waals surface area contributed by atoms with Crippen LogP contribution in [0.2, 0.25) is 0 Å². The second kappa shape index (κ2) is 8.76. The van der Waals surface area contributed by atoms with Gasteiger partial charge in [0.2, 0.25) is 5.95 Å². The summed E-state index contributed by atoms with van der Waals surface area (Å²) in [4.78, 5) is 30.2. The first-order chi connectivity index (χ1) is 16.4. The molecule has 0 bridgehead atoms. The van der Waals surface area contributed by atoms with Crippen LogP contribution in [-0.2, 0) is 0 Å². The molecule has 0 spiro atoms. The number of rotatable bonds is 3. The van der Waals surface area contributed by atoms with Gasteiger partial charge in [-0.1, -0.05) is 0 Å². The van der Waals surface area contributed by atoms with Gasteiger partial charge in [-0.25, -0.2) is 28.6 Å². The van der Waals surface area contributed by atoms with Gasteiger partial charge in [-0.2, -0.15) is 14.8 Å². The molecule has 2 aromatic heterocycles. The summed E-state index contributed by atoms with van der Waals surface area (Å²) in [6, 6.07) is 4.22. The van der Waals surface area contributed by atoms with Gasteiger partial charge in [0.25, 0.3) is 0 Å². The van der Waals surface area contributed by atoms with E-state index in [1.165, 1.54) is 17.1 Å². The number of hydrogen-bond acceptors (Lipinski definition) is 7. The lowest BCUT2D eigenvalue weighted by molar-refractivity contribution is 0.139. The van der Waals surface area contributed by atoms with Crippen molar-refractivity contribution in [2.24, 2.45) is 5.10 Å². The number of urea groups is 1. The molecule has 12 heteroatoms. The molecule has 1 fully saturated rings. The minimum absolute atomic E-state index is 0.300. The Balaban J connectivity index is 1.26. The van der Waals surface area contributed by atoms with Crippen LogP contribution in [0, 0.1) is 25.5 Å².